The van der Waals surface area contributed by atoms with Crippen LogP contribution in [0.15, 0.2) is 78.4 Å². The highest BCUT2D eigenvalue weighted by molar-refractivity contribution is 6.35. The minimum Gasteiger partial charge on any atom is -0.289 e. The molecule has 5 heteroatoms. The molecular weight excluding hydrogens is 386 g/mol. The van der Waals surface area contributed by atoms with Gasteiger partial charge < -0.3 is 0 Å². The van der Waals surface area contributed by atoms with Crippen LogP contribution in [0.1, 0.15) is 22.3 Å². The average Bonchev–Trinajstić information content (AvgIpc) is 2.73. The molecule has 0 saturated carbocycles. The quantitative estimate of drug-likeness (QED) is 0.307. The van der Waals surface area contributed by atoms with Crippen molar-refractivity contribution in [2.24, 2.45) is 0 Å². The lowest BCUT2D eigenvalue weighted by atomic mass is 9.81. The Balaban J connectivity index is 1.78. The molecule has 0 atom stereocenters. The first-order chi connectivity index (χ1) is 14.0. The monoisotopic (exact) mass is 401 g/mol. The van der Waals surface area contributed by atoms with Gasteiger partial charge in [-0.1, -0.05) is 48.0 Å². The molecular formula is C24H16ClNO3. The first kappa shape index (κ1) is 18.8. The topological polar surface area (TPSA) is 60.2 Å². The summed E-state index contributed by atoms with van der Waals surface area (Å²) < 4.78 is 0. The summed E-state index contributed by atoms with van der Waals surface area (Å²) >= 11 is 5.96. The largest absolute Gasteiger partial charge is 0.289 e. The second-order valence-corrected chi connectivity index (χ2v) is 7.23. The van der Waals surface area contributed by atoms with E-state index in [1.807, 2.05) is 42.5 Å². The molecule has 1 aliphatic carbocycles. The van der Waals surface area contributed by atoms with Crippen LogP contribution in [0.4, 0.5) is 5.69 Å². The van der Waals surface area contributed by atoms with Crippen molar-refractivity contribution >= 4 is 40.8 Å². The van der Waals surface area contributed by atoms with Crippen molar-refractivity contribution in [2.45, 2.75) is 6.42 Å². The lowest BCUT2D eigenvalue weighted by molar-refractivity contribution is -0.384. The number of nitrogens with zero attached hydrogens (tertiary/aromatic N) is 1. The lowest BCUT2D eigenvalue weighted by Crippen LogP contribution is -2.15. The van der Waals surface area contributed by atoms with Gasteiger partial charge in [-0.15, -0.1) is 0 Å². The van der Waals surface area contributed by atoms with Crippen molar-refractivity contribution in [1.29, 1.82) is 0 Å². The molecule has 0 spiro atoms. The molecule has 0 heterocycles. The van der Waals surface area contributed by atoms with Gasteiger partial charge in [-0.25, -0.2) is 0 Å². The third-order valence-electron chi connectivity index (χ3n) is 4.85. The molecule has 0 bridgehead atoms. The number of non-ortho nitro benzene ring substituents is 1. The summed E-state index contributed by atoms with van der Waals surface area (Å²) in [7, 11) is 0. The van der Waals surface area contributed by atoms with E-state index in [-0.39, 0.29) is 11.5 Å². The Morgan fingerprint density at radius 1 is 0.862 bits per heavy atom. The smallest absolute Gasteiger partial charge is 0.269 e. The van der Waals surface area contributed by atoms with E-state index in [1.54, 1.807) is 30.3 Å². The molecule has 1 aliphatic rings. The van der Waals surface area contributed by atoms with Crippen LogP contribution in [0.3, 0.4) is 0 Å². The van der Waals surface area contributed by atoms with Crippen molar-refractivity contribution < 1.29 is 9.72 Å². The van der Waals surface area contributed by atoms with E-state index in [4.69, 9.17) is 11.6 Å². The number of carbonyl (C=O) groups excluding carboxylic acids is 1. The number of carbonyl (C=O) groups is 1. The molecule has 4 rings (SSSR count). The second kappa shape index (κ2) is 7.86. The summed E-state index contributed by atoms with van der Waals surface area (Å²) in [4.78, 5) is 23.7. The van der Waals surface area contributed by atoms with Crippen LogP contribution in [0, 0.1) is 10.1 Å². The average molecular weight is 402 g/mol. The predicted octanol–water partition coefficient (Wildman–Crippen LogP) is 6.00. The van der Waals surface area contributed by atoms with Crippen LogP contribution in [0.25, 0.3) is 17.7 Å². The van der Waals surface area contributed by atoms with Gasteiger partial charge in [0.15, 0.2) is 5.78 Å². The number of nitro groups is 1. The third-order valence-corrected chi connectivity index (χ3v) is 5.10. The number of ketones is 1. The number of halogens is 1. The summed E-state index contributed by atoms with van der Waals surface area (Å²) in [6.45, 7) is 0. The minimum atomic E-state index is -0.440. The zero-order valence-corrected chi connectivity index (χ0v) is 16.1. The van der Waals surface area contributed by atoms with E-state index in [9.17, 15) is 14.9 Å². The van der Waals surface area contributed by atoms with Gasteiger partial charge in [0.1, 0.15) is 0 Å². The molecule has 3 aromatic carbocycles. The van der Waals surface area contributed by atoms with E-state index in [0.29, 0.717) is 22.6 Å². The number of hydrogen-bond acceptors (Lipinski definition) is 3. The minimum absolute atomic E-state index is 0.0193. The van der Waals surface area contributed by atoms with Gasteiger partial charge in [0.05, 0.1) is 4.92 Å². The number of benzene rings is 3. The van der Waals surface area contributed by atoms with E-state index in [2.05, 4.69) is 0 Å². The number of hydrogen-bond donors (Lipinski definition) is 0. The van der Waals surface area contributed by atoms with Gasteiger partial charge in [0.25, 0.3) is 5.69 Å². The maximum atomic E-state index is 13.3. The Morgan fingerprint density at radius 3 is 2.17 bits per heavy atom. The van der Waals surface area contributed by atoms with Crippen LogP contribution in [0.2, 0.25) is 5.02 Å². The maximum absolute atomic E-state index is 13.3. The normalized spacial score (nSPS) is 16.1. The van der Waals surface area contributed by atoms with Crippen LogP contribution in [-0.2, 0) is 11.2 Å². The summed E-state index contributed by atoms with van der Waals surface area (Å²) in [5, 5.41) is 11.5. The van der Waals surface area contributed by atoms with Crippen molar-refractivity contribution in [3.05, 3.63) is 116 Å². The Hall–Kier alpha value is -3.50. The number of Topliss-reactive ketones (excluding diaryl/α,β-unsaturated/α-hetero) is 1. The second-order valence-electron chi connectivity index (χ2n) is 6.79. The van der Waals surface area contributed by atoms with E-state index < -0.39 is 4.92 Å². The van der Waals surface area contributed by atoms with Crippen LogP contribution in [-0.4, -0.2) is 10.7 Å². The highest BCUT2D eigenvalue weighted by atomic mass is 35.5. The van der Waals surface area contributed by atoms with Gasteiger partial charge in [0.2, 0.25) is 0 Å². The fourth-order valence-electron chi connectivity index (χ4n) is 3.40. The van der Waals surface area contributed by atoms with Crippen LogP contribution < -0.4 is 0 Å². The van der Waals surface area contributed by atoms with Gasteiger partial charge in [-0.05, 0) is 58.7 Å². The Labute approximate surface area is 172 Å². The SMILES string of the molecule is O=C1/C(=C/c2ccc(Cl)cc2)Cc2ccccc2/C1=C\c1ccc([N+](=O)[O-])cc1. The molecule has 0 fully saturated rings. The van der Waals surface area contributed by atoms with Crippen molar-refractivity contribution in [3.63, 3.8) is 0 Å². The fourth-order valence-corrected chi connectivity index (χ4v) is 3.52. The number of rotatable bonds is 3. The zero-order valence-electron chi connectivity index (χ0n) is 15.3. The van der Waals surface area contributed by atoms with Crippen molar-refractivity contribution in [1.82, 2.24) is 0 Å². The molecule has 0 amide bonds. The Kier molecular flexibility index (Phi) is 5.10. The Bertz CT molecular complexity index is 1160. The van der Waals surface area contributed by atoms with Crippen molar-refractivity contribution in [3.8, 4) is 0 Å². The number of nitro benzene ring substituents is 1. The molecule has 29 heavy (non-hydrogen) atoms. The lowest BCUT2D eigenvalue weighted by Gasteiger charge is -2.21. The molecule has 142 valence electrons. The summed E-state index contributed by atoms with van der Waals surface area (Å²) in [5.74, 6) is -0.0444. The Morgan fingerprint density at radius 2 is 1.48 bits per heavy atom. The van der Waals surface area contributed by atoms with Crippen LogP contribution in [0.5, 0.6) is 0 Å². The maximum Gasteiger partial charge on any atom is 0.269 e. The fraction of sp³-hybridized carbons (Fsp3) is 0.0417. The molecule has 0 unspecified atom stereocenters. The summed E-state index contributed by atoms with van der Waals surface area (Å²) in [5.41, 5.74) is 4.91. The predicted molar refractivity (Wildman–Crippen MR) is 116 cm³/mol. The summed E-state index contributed by atoms with van der Waals surface area (Å²) in [6.07, 6.45) is 4.23. The van der Waals surface area contributed by atoms with E-state index >= 15 is 0 Å². The van der Waals surface area contributed by atoms with Gasteiger partial charge >= 0.3 is 0 Å². The first-order valence-corrected chi connectivity index (χ1v) is 9.44. The highest BCUT2D eigenvalue weighted by Gasteiger charge is 2.25. The molecule has 4 nitrogen and oxygen atoms in total. The standard InChI is InChI=1S/C24H16ClNO3/c25-20-9-5-16(6-10-20)13-19-15-18-3-1-2-4-22(18)23(24(19)27)14-17-7-11-21(12-8-17)26(28)29/h1-14H,15H2/b19-13+,23-14+. The summed E-state index contributed by atoms with van der Waals surface area (Å²) in [6, 6.07) is 21.3. The van der Waals surface area contributed by atoms with E-state index in [0.717, 1.165) is 22.3 Å². The molecule has 0 aliphatic heterocycles. The molecule has 0 N–H and O–H groups in total. The zero-order chi connectivity index (χ0) is 20.4. The number of allylic oxidation sites excluding steroid dienone is 2. The molecule has 0 radical (unpaired) electrons. The molecule has 0 aromatic heterocycles. The van der Waals surface area contributed by atoms with Gasteiger partial charge in [-0.3, -0.25) is 14.9 Å². The highest BCUT2D eigenvalue weighted by Crippen LogP contribution is 2.33. The first-order valence-electron chi connectivity index (χ1n) is 9.06. The molecule has 3 aromatic rings. The van der Waals surface area contributed by atoms with E-state index in [1.165, 1.54) is 12.1 Å². The van der Waals surface area contributed by atoms with Crippen LogP contribution >= 0.6 is 11.6 Å². The third kappa shape index (κ3) is 4.03. The van der Waals surface area contributed by atoms with Gasteiger partial charge in [0, 0.05) is 34.7 Å². The van der Waals surface area contributed by atoms with Gasteiger partial charge in [-0.2, -0.15) is 0 Å². The molecule has 0 saturated heterocycles. The van der Waals surface area contributed by atoms with Crippen molar-refractivity contribution in [2.75, 3.05) is 0 Å². The number of fused-ring (bicyclic) bond motifs is 1.